The van der Waals surface area contributed by atoms with Gasteiger partial charge in [0.1, 0.15) is 5.76 Å². The third kappa shape index (κ3) is 5.04. The quantitative estimate of drug-likeness (QED) is 0.786. The summed E-state index contributed by atoms with van der Waals surface area (Å²) >= 11 is 1.89. The standard InChI is InChI=1S/C14H26N2OS/c1-11(2)15-8-14-13(6-7-17-14)9-16(4)12(3)10-18-5/h6-7,11-12,15H,8-10H2,1-5H3. The van der Waals surface area contributed by atoms with Crippen molar-refractivity contribution < 1.29 is 4.42 Å². The van der Waals surface area contributed by atoms with Gasteiger partial charge in [-0.1, -0.05) is 13.8 Å². The number of nitrogens with one attached hydrogen (secondary N) is 1. The van der Waals surface area contributed by atoms with Crippen molar-refractivity contribution in [2.24, 2.45) is 0 Å². The van der Waals surface area contributed by atoms with Gasteiger partial charge in [0.15, 0.2) is 0 Å². The van der Waals surface area contributed by atoms with E-state index >= 15 is 0 Å². The minimum Gasteiger partial charge on any atom is -0.468 e. The number of furan rings is 1. The van der Waals surface area contributed by atoms with Gasteiger partial charge >= 0.3 is 0 Å². The van der Waals surface area contributed by atoms with E-state index in [-0.39, 0.29) is 0 Å². The van der Waals surface area contributed by atoms with Crippen LogP contribution in [0.4, 0.5) is 0 Å². The van der Waals surface area contributed by atoms with Crippen molar-refractivity contribution in [3.8, 4) is 0 Å². The zero-order chi connectivity index (χ0) is 13.5. The maximum atomic E-state index is 5.56. The average Bonchev–Trinajstić information content (AvgIpc) is 2.74. The second-order valence-electron chi connectivity index (χ2n) is 5.12. The molecule has 0 aromatic carbocycles. The Kier molecular flexibility index (Phi) is 6.82. The van der Waals surface area contributed by atoms with Gasteiger partial charge in [-0.15, -0.1) is 0 Å². The van der Waals surface area contributed by atoms with Gasteiger partial charge in [0.25, 0.3) is 0 Å². The second kappa shape index (κ2) is 7.87. The molecule has 0 fully saturated rings. The summed E-state index contributed by atoms with van der Waals surface area (Å²) in [6, 6.07) is 3.15. The van der Waals surface area contributed by atoms with Crippen LogP contribution in [-0.4, -0.2) is 36.0 Å². The third-order valence-corrected chi connectivity index (χ3v) is 3.90. The van der Waals surface area contributed by atoms with E-state index in [2.05, 4.69) is 50.4 Å². The van der Waals surface area contributed by atoms with Crippen LogP contribution in [0.15, 0.2) is 16.7 Å². The fourth-order valence-corrected chi connectivity index (χ4v) is 2.49. The summed E-state index contributed by atoms with van der Waals surface area (Å²) in [6.45, 7) is 8.32. The van der Waals surface area contributed by atoms with Crippen LogP contribution in [0.3, 0.4) is 0 Å². The lowest BCUT2D eigenvalue weighted by atomic mass is 10.2. The lowest BCUT2D eigenvalue weighted by molar-refractivity contribution is 0.267. The molecule has 1 N–H and O–H groups in total. The number of rotatable bonds is 8. The second-order valence-corrected chi connectivity index (χ2v) is 6.03. The highest BCUT2D eigenvalue weighted by atomic mass is 32.2. The summed E-state index contributed by atoms with van der Waals surface area (Å²) in [5.41, 5.74) is 1.29. The molecule has 4 heteroatoms. The highest BCUT2D eigenvalue weighted by molar-refractivity contribution is 7.98. The first-order valence-corrected chi connectivity index (χ1v) is 7.91. The predicted octanol–water partition coefficient (Wildman–Crippen LogP) is 2.96. The number of hydrogen-bond donors (Lipinski definition) is 1. The van der Waals surface area contributed by atoms with E-state index in [4.69, 9.17) is 4.42 Å². The molecule has 0 aliphatic heterocycles. The molecule has 0 spiro atoms. The molecule has 1 rings (SSSR count). The molecule has 0 aliphatic carbocycles. The lowest BCUT2D eigenvalue weighted by Gasteiger charge is -2.24. The topological polar surface area (TPSA) is 28.4 Å². The minimum atomic E-state index is 0.482. The van der Waals surface area contributed by atoms with Crippen LogP contribution >= 0.6 is 11.8 Å². The highest BCUT2D eigenvalue weighted by Gasteiger charge is 2.13. The van der Waals surface area contributed by atoms with Crippen LogP contribution in [-0.2, 0) is 13.1 Å². The molecule has 1 aromatic heterocycles. The Morgan fingerprint density at radius 3 is 2.72 bits per heavy atom. The summed E-state index contributed by atoms with van der Waals surface area (Å²) in [6.07, 6.45) is 3.94. The Balaban J connectivity index is 2.53. The molecule has 0 aliphatic rings. The molecule has 1 unspecified atom stereocenters. The average molecular weight is 270 g/mol. The van der Waals surface area contributed by atoms with E-state index in [9.17, 15) is 0 Å². The van der Waals surface area contributed by atoms with Crippen LogP contribution in [0.2, 0.25) is 0 Å². The Bertz CT molecular complexity index is 338. The first-order valence-electron chi connectivity index (χ1n) is 6.52. The molecule has 1 heterocycles. The lowest BCUT2D eigenvalue weighted by Crippen LogP contribution is -2.31. The SMILES string of the molecule is CSCC(C)N(C)Cc1ccoc1CNC(C)C. The summed E-state index contributed by atoms with van der Waals surface area (Å²) in [5, 5.41) is 3.40. The van der Waals surface area contributed by atoms with Crippen molar-refractivity contribution in [3.05, 3.63) is 23.7 Å². The van der Waals surface area contributed by atoms with Crippen LogP contribution in [0.5, 0.6) is 0 Å². The normalized spacial score (nSPS) is 13.5. The van der Waals surface area contributed by atoms with Gasteiger partial charge in [-0.25, -0.2) is 0 Å². The van der Waals surface area contributed by atoms with Crippen molar-refractivity contribution in [1.82, 2.24) is 10.2 Å². The number of hydrogen-bond acceptors (Lipinski definition) is 4. The zero-order valence-corrected chi connectivity index (χ0v) is 13.0. The molecule has 18 heavy (non-hydrogen) atoms. The van der Waals surface area contributed by atoms with Gasteiger partial charge in [0.2, 0.25) is 0 Å². The largest absolute Gasteiger partial charge is 0.468 e. The van der Waals surface area contributed by atoms with Gasteiger partial charge in [-0.3, -0.25) is 4.90 Å². The van der Waals surface area contributed by atoms with E-state index in [1.54, 1.807) is 6.26 Å². The summed E-state index contributed by atoms with van der Waals surface area (Å²) in [7, 11) is 2.17. The molecule has 104 valence electrons. The predicted molar refractivity (Wildman–Crippen MR) is 80.0 cm³/mol. The molecule has 1 aromatic rings. The van der Waals surface area contributed by atoms with Crippen LogP contribution in [0.25, 0.3) is 0 Å². The minimum absolute atomic E-state index is 0.482. The van der Waals surface area contributed by atoms with Gasteiger partial charge < -0.3 is 9.73 Å². The molecule has 0 bridgehead atoms. The zero-order valence-electron chi connectivity index (χ0n) is 12.2. The molecule has 3 nitrogen and oxygen atoms in total. The first kappa shape index (κ1) is 15.6. The van der Waals surface area contributed by atoms with Gasteiger partial charge in [0.05, 0.1) is 12.8 Å². The fourth-order valence-electron chi connectivity index (χ4n) is 1.75. The summed E-state index contributed by atoms with van der Waals surface area (Å²) in [4.78, 5) is 2.38. The van der Waals surface area contributed by atoms with Crippen LogP contribution < -0.4 is 5.32 Å². The molecule has 0 saturated heterocycles. The molecular weight excluding hydrogens is 244 g/mol. The van der Waals surface area contributed by atoms with Crippen molar-refractivity contribution in [3.63, 3.8) is 0 Å². The Hall–Kier alpha value is -0.450. The Morgan fingerprint density at radius 2 is 2.11 bits per heavy atom. The first-order chi connectivity index (χ1) is 8.54. The summed E-state index contributed by atoms with van der Waals surface area (Å²) < 4.78 is 5.56. The monoisotopic (exact) mass is 270 g/mol. The van der Waals surface area contributed by atoms with Crippen LogP contribution in [0, 0.1) is 0 Å². The van der Waals surface area contributed by atoms with Crippen molar-refractivity contribution in [2.75, 3.05) is 19.1 Å². The van der Waals surface area contributed by atoms with E-state index < -0.39 is 0 Å². The number of thioether (sulfide) groups is 1. The molecular formula is C14H26N2OS. The molecule has 0 radical (unpaired) electrons. The smallest absolute Gasteiger partial charge is 0.122 e. The van der Waals surface area contributed by atoms with Crippen molar-refractivity contribution in [1.29, 1.82) is 0 Å². The third-order valence-electron chi connectivity index (χ3n) is 3.09. The highest BCUT2D eigenvalue weighted by Crippen LogP contribution is 2.15. The summed E-state index contributed by atoms with van der Waals surface area (Å²) in [5.74, 6) is 2.22. The van der Waals surface area contributed by atoms with Gasteiger partial charge in [-0.05, 0) is 26.3 Å². The van der Waals surface area contributed by atoms with Gasteiger partial charge in [-0.2, -0.15) is 11.8 Å². The molecule has 0 amide bonds. The van der Waals surface area contributed by atoms with Crippen molar-refractivity contribution in [2.45, 2.75) is 45.9 Å². The van der Waals surface area contributed by atoms with E-state index in [1.807, 2.05) is 11.8 Å². The maximum Gasteiger partial charge on any atom is 0.122 e. The molecule has 1 atom stereocenters. The van der Waals surface area contributed by atoms with Crippen LogP contribution in [0.1, 0.15) is 32.1 Å². The molecule has 0 saturated carbocycles. The van der Waals surface area contributed by atoms with Gasteiger partial charge in [0, 0.05) is 29.9 Å². The van der Waals surface area contributed by atoms with E-state index in [1.165, 1.54) is 5.56 Å². The van der Waals surface area contributed by atoms with Crippen molar-refractivity contribution >= 4 is 11.8 Å². The Labute approximate surface area is 115 Å². The van der Waals surface area contributed by atoms with E-state index in [0.29, 0.717) is 12.1 Å². The maximum absolute atomic E-state index is 5.56. The fraction of sp³-hybridized carbons (Fsp3) is 0.714. The Morgan fingerprint density at radius 1 is 1.39 bits per heavy atom. The van der Waals surface area contributed by atoms with E-state index in [0.717, 1.165) is 24.6 Å². The number of nitrogens with zero attached hydrogens (tertiary/aromatic N) is 1.